The van der Waals surface area contributed by atoms with E-state index >= 15 is 0 Å². The number of rotatable bonds is 8. The molecule has 0 fully saturated rings. The topological polar surface area (TPSA) is 327 Å². The van der Waals surface area contributed by atoms with Crippen molar-refractivity contribution in [2.75, 3.05) is 61.2 Å². The number of aliphatic hydroxyl groups excluding tert-OH is 2. The van der Waals surface area contributed by atoms with E-state index in [1.54, 1.807) is 0 Å². The molecule has 0 saturated carbocycles. The molecule has 0 aliphatic carbocycles. The molecule has 8 heterocycles. The van der Waals surface area contributed by atoms with Gasteiger partial charge in [-0.3, -0.25) is 5.73 Å². The van der Waals surface area contributed by atoms with E-state index in [0.29, 0.717) is 25.4 Å². The Kier molecular flexibility index (Phi) is 28.8. The Labute approximate surface area is 560 Å². The summed E-state index contributed by atoms with van der Waals surface area (Å²) < 4.78 is 101. The Hall–Kier alpha value is -8.41. The molecule has 0 unspecified atom stereocenters. The lowest BCUT2D eigenvalue weighted by Gasteiger charge is -2.40. The SMILES string of the molecule is C.C.C.C.CCC.CCC.CCOCCS(C)(=O)=O.CS(=O)(=O)CO.CS(=O)(=O)CO.CS(=O)(=O)[O-].Cc1ccccc1NC(N)=[NH+]c1ccccc1C.c1ccc2c(c1)C1=Nc3c4ccccc4c4n3C35n6c(c7ccccc7c6=NC6=[N+]3C(=N4)c3ccccc36)=NC2=[N+]15. The van der Waals surface area contributed by atoms with Crippen LogP contribution >= 0.6 is 0 Å². The lowest BCUT2D eigenvalue weighted by atomic mass is 10.1. The summed E-state index contributed by atoms with van der Waals surface area (Å²) in [4.78, 5) is 24.8. The summed E-state index contributed by atoms with van der Waals surface area (Å²) in [5, 5.41) is 23.1. The number of amidine groups is 4. The van der Waals surface area contributed by atoms with Gasteiger partial charge in [0.15, 0.2) is 19.7 Å². The summed E-state index contributed by atoms with van der Waals surface area (Å²) in [5.74, 6) is 3.60. The number of fused-ring (bicyclic) bond motifs is 12. The zero-order valence-corrected chi connectivity index (χ0v) is 55.8. The number of nitrogens with one attached hydrogen (secondary N) is 2. The molecule has 23 nitrogen and oxygen atoms in total. The predicted octanol–water partition coefficient (Wildman–Crippen LogP) is 7.72. The number of benzene rings is 6. The lowest BCUT2D eigenvalue weighted by molar-refractivity contribution is -0.790. The van der Waals surface area contributed by atoms with Gasteiger partial charge in [0.1, 0.15) is 33.1 Å². The van der Waals surface area contributed by atoms with E-state index in [1.165, 1.54) is 19.1 Å². The van der Waals surface area contributed by atoms with Crippen LogP contribution in [0.25, 0.3) is 21.5 Å². The molecular weight excluding hydrogens is 1290 g/mol. The number of aliphatic hydroxyl groups is 2. The molecule has 0 radical (unpaired) electrons. The van der Waals surface area contributed by atoms with Crippen LogP contribution < -0.4 is 27.0 Å². The van der Waals surface area contributed by atoms with Gasteiger partial charge in [-0.05, 0) is 92.6 Å². The molecule has 0 amide bonds. The molecule has 8 aromatic rings. The number of aliphatic imine (C=N–C) groups is 2. The van der Waals surface area contributed by atoms with Crippen LogP contribution in [-0.2, 0) is 50.3 Å². The molecule has 27 heteroatoms. The number of aromatic nitrogens is 2. The maximum Gasteiger partial charge on any atom is 0.404 e. The standard InChI is InChI=1S/C33H16N8.C15H17N3.C5H12O3S.2C3H8.2C2H6O3S.CH4O3S.4CH4/c1-2-10-18-17(9-1)25-34-27-19-11-3-4-12-20(19)29-36-31-23-15-7-8-16-24(23)32-37-30-22-14-6-5-13-21(22)28-35-26(18)38(25)33(39(27)29,40(28)30)41(31)32;1-11-7-3-5-9-13(11)17-15(16)18-14-10-6-4-8-12(14)2;1-3-8-4-5-9(2,6)7;2*1-3-2;2*1-6(4,5)2-3;1-5(2,3)4;;;;/h1-16H;3-10H,1-2H3,(H3,16,17,18);3-5H2,1-2H3;2*3H2,1-2H3;2*3H,2H2,1H3;1H3,(H,2,3,4);4*1H4/q+2;;;;;;;;;;;. The van der Waals surface area contributed by atoms with Crippen LogP contribution in [0.2, 0.25) is 0 Å². The normalized spacial score (nSPS) is 13.7. The Bertz CT molecular complexity index is 4630. The number of para-hydroxylation sites is 2. The number of nitrogens with zero attached hydrogens (tertiary/aromatic N) is 8. The van der Waals surface area contributed by atoms with E-state index in [-0.39, 0.29) is 35.5 Å². The third-order valence-electron chi connectivity index (χ3n) is 13.5. The number of guanidine groups is 1. The van der Waals surface area contributed by atoms with Gasteiger partial charge < -0.3 is 19.5 Å². The molecule has 0 saturated heterocycles. The quantitative estimate of drug-likeness (QED) is 0.0320. The lowest BCUT2D eigenvalue weighted by Crippen LogP contribution is -2.72. The molecule has 0 bridgehead atoms. The highest BCUT2D eigenvalue weighted by Crippen LogP contribution is 2.52. The fourth-order valence-corrected chi connectivity index (χ4v) is 10.4. The van der Waals surface area contributed by atoms with Crippen LogP contribution in [0.4, 0.5) is 23.0 Å². The van der Waals surface area contributed by atoms with Gasteiger partial charge in [-0.25, -0.2) is 44.0 Å². The summed E-state index contributed by atoms with van der Waals surface area (Å²) in [6, 6.07) is 50.1. The molecular formula is C68H93N11O12S4+2. The Morgan fingerprint density at radius 3 is 1.25 bits per heavy atom. The van der Waals surface area contributed by atoms with Crippen molar-refractivity contribution in [3.8, 4) is 0 Å². The first-order valence-corrected chi connectivity index (χ1v) is 37.0. The van der Waals surface area contributed by atoms with Gasteiger partial charge in [-0.1, -0.05) is 175 Å². The average molecular weight is 1380 g/mol. The smallest absolute Gasteiger partial charge is 0.404 e. The van der Waals surface area contributed by atoms with Crippen LogP contribution in [0.15, 0.2) is 166 Å². The Morgan fingerprint density at radius 2 is 0.884 bits per heavy atom. The van der Waals surface area contributed by atoms with Gasteiger partial charge in [0.25, 0.3) is 23.3 Å². The minimum Gasteiger partial charge on any atom is -0.748 e. The molecule has 2 aromatic heterocycles. The summed E-state index contributed by atoms with van der Waals surface area (Å²) in [6.07, 6.45) is 6.24. The van der Waals surface area contributed by atoms with E-state index in [9.17, 15) is 25.3 Å². The van der Waals surface area contributed by atoms with Gasteiger partial charge >= 0.3 is 11.9 Å². The summed E-state index contributed by atoms with van der Waals surface area (Å²) in [5.41, 5.74) is 16.4. The number of ether oxygens (including phenoxy) is 1. The van der Waals surface area contributed by atoms with E-state index in [1.807, 2.05) is 69.3 Å². The van der Waals surface area contributed by atoms with E-state index in [2.05, 4.69) is 153 Å². The molecule has 6 aliphatic rings. The monoisotopic (exact) mass is 1380 g/mol. The van der Waals surface area contributed by atoms with Crippen molar-refractivity contribution in [3.05, 3.63) is 190 Å². The van der Waals surface area contributed by atoms with Crippen molar-refractivity contribution in [3.63, 3.8) is 0 Å². The second-order valence-corrected chi connectivity index (χ2v) is 29.4. The van der Waals surface area contributed by atoms with Crippen molar-refractivity contribution < 1.29 is 67.3 Å². The van der Waals surface area contributed by atoms with E-state index in [0.717, 1.165) is 125 Å². The first-order chi connectivity index (χ1) is 43.0. The third-order valence-corrected chi connectivity index (χ3v) is 15.3. The van der Waals surface area contributed by atoms with Gasteiger partial charge in [0.2, 0.25) is 22.6 Å². The fraction of sp³-hybridized carbons (Fsp3) is 0.338. The van der Waals surface area contributed by atoms with Crippen LogP contribution in [0, 0.1) is 13.8 Å². The first kappa shape index (κ1) is 80.8. The third kappa shape index (κ3) is 18.1. The highest BCUT2D eigenvalue weighted by Gasteiger charge is 2.69. The molecule has 6 aromatic carbocycles. The fourth-order valence-electron chi connectivity index (χ4n) is 9.98. The number of nitrogens with two attached hydrogens (primary N) is 1. The highest BCUT2D eigenvalue weighted by atomic mass is 32.2. The largest absolute Gasteiger partial charge is 0.748 e. The van der Waals surface area contributed by atoms with Crippen LogP contribution in [0.1, 0.15) is 111 Å². The van der Waals surface area contributed by atoms with Crippen molar-refractivity contribution in [1.29, 1.82) is 0 Å². The van der Waals surface area contributed by atoms with Crippen molar-refractivity contribution in [2.45, 2.75) is 96.9 Å². The van der Waals surface area contributed by atoms with Gasteiger partial charge in [0.05, 0.1) is 44.7 Å². The molecule has 1 spiro atoms. The molecule has 514 valence electrons. The highest BCUT2D eigenvalue weighted by molar-refractivity contribution is 7.91. The van der Waals surface area contributed by atoms with Crippen LogP contribution in [0.3, 0.4) is 0 Å². The number of hydrogen-bond acceptors (Lipinski definition) is 16. The molecule has 95 heavy (non-hydrogen) atoms. The molecule has 6 aliphatic heterocycles. The summed E-state index contributed by atoms with van der Waals surface area (Å²) in [7, 11) is -13.0. The minimum absolute atomic E-state index is 0. The number of sulfone groups is 3. The first-order valence-electron chi connectivity index (χ1n) is 29.0. The molecule has 6 N–H and O–H groups in total. The number of hydrogen-bond donors (Lipinski definition) is 5. The Balaban J connectivity index is 0.000000364. The van der Waals surface area contributed by atoms with Crippen LogP contribution in [0.5, 0.6) is 0 Å². The van der Waals surface area contributed by atoms with E-state index in [4.69, 9.17) is 53.6 Å². The van der Waals surface area contributed by atoms with Crippen molar-refractivity contribution in [1.82, 2.24) is 9.13 Å². The average Bonchev–Trinajstić information content (AvgIpc) is 1.49. The van der Waals surface area contributed by atoms with Gasteiger partial charge in [-0.15, -0.1) is 9.15 Å². The zero-order valence-electron chi connectivity index (χ0n) is 52.6. The Morgan fingerprint density at radius 1 is 0.537 bits per heavy atom. The summed E-state index contributed by atoms with van der Waals surface area (Å²) in [6.45, 7) is 15.3. The second kappa shape index (κ2) is 33.8. The van der Waals surface area contributed by atoms with E-state index < -0.39 is 57.4 Å². The number of anilines is 1. The van der Waals surface area contributed by atoms with Gasteiger partial charge in [-0.2, -0.15) is 9.13 Å². The van der Waals surface area contributed by atoms with Crippen molar-refractivity contribution >= 4 is 113 Å². The molecule has 14 rings (SSSR count). The van der Waals surface area contributed by atoms with Gasteiger partial charge in [0, 0.05) is 53.2 Å². The maximum atomic E-state index is 10.4. The molecule has 0 atom stereocenters. The predicted molar refractivity (Wildman–Crippen MR) is 384 cm³/mol. The second-order valence-electron chi connectivity index (χ2n) is 21.5. The maximum absolute atomic E-state index is 10.4. The van der Waals surface area contributed by atoms with Crippen molar-refractivity contribution in [2.24, 2.45) is 25.7 Å². The van der Waals surface area contributed by atoms with Crippen LogP contribution in [-0.4, -0.2) is 152 Å². The zero-order chi connectivity index (χ0) is 66.8. The summed E-state index contributed by atoms with van der Waals surface area (Å²) >= 11 is 0. The minimum atomic E-state index is -3.92. The number of aryl methyl sites for hydroxylation is 2.